The Balaban J connectivity index is 2.39. The predicted molar refractivity (Wildman–Crippen MR) is 54.4 cm³/mol. The summed E-state index contributed by atoms with van der Waals surface area (Å²) in [6.45, 7) is 0.814. The van der Waals surface area contributed by atoms with Crippen LogP contribution in [0.25, 0.3) is 11.3 Å². The monoisotopic (exact) mass is 242 g/mol. The van der Waals surface area contributed by atoms with E-state index in [2.05, 4.69) is 10.3 Å². The molecule has 0 radical (unpaired) electrons. The first-order valence-corrected chi connectivity index (χ1v) is 4.87. The molecule has 0 bridgehead atoms. The predicted octanol–water partition coefficient (Wildman–Crippen LogP) is 1.32. The van der Waals surface area contributed by atoms with E-state index in [-0.39, 0.29) is 11.3 Å². The van der Waals surface area contributed by atoms with Gasteiger partial charge in [0.05, 0.1) is 12.7 Å². The molecule has 0 aliphatic carbocycles. The Morgan fingerprint density at radius 3 is 2.41 bits per heavy atom. The Bertz CT molecular complexity index is 515. The summed E-state index contributed by atoms with van der Waals surface area (Å²) in [7, 11) is 0. The molecule has 90 valence electrons. The van der Waals surface area contributed by atoms with Gasteiger partial charge < -0.3 is 5.73 Å². The molecule has 0 fully saturated rings. The topological polar surface area (TPSA) is 56.7 Å². The van der Waals surface area contributed by atoms with Crippen LogP contribution in [0.3, 0.4) is 0 Å². The van der Waals surface area contributed by atoms with Crippen molar-refractivity contribution in [2.24, 2.45) is 5.73 Å². The lowest BCUT2D eigenvalue weighted by Crippen LogP contribution is -2.10. The second-order valence-electron chi connectivity index (χ2n) is 3.41. The van der Waals surface area contributed by atoms with Crippen molar-refractivity contribution in [1.29, 1.82) is 0 Å². The molecule has 0 aliphatic heterocycles. The Hall–Kier alpha value is -1.89. The average molecular weight is 242 g/mol. The van der Waals surface area contributed by atoms with Crippen molar-refractivity contribution in [1.82, 2.24) is 15.0 Å². The van der Waals surface area contributed by atoms with E-state index < -0.39 is 17.5 Å². The van der Waals surface area contributed by atoms with Gasteiger partial charge in [0.2, 0.25) is 0 Å². The quantitative estimate of drug-likeness (QED) is 0.826. The number of halogens is 3. The van der Waals surface area contributed by atoms with E-state index in [1.807, 2.05) is 0 Å². The van der Waals surface area contributed by atoms with Gasteiger partial charge in [0.25, 0.3) is 0 Å². The van der Waals surface area contributed by atoms with E-state index in [0.717, 1.165) is 12.1 Å². The van der Waals surface area contributed by atoms with Gasteiger partial charge in [-0.3, -0.25) is 4.68 Å². The van der Waals surface area contributed by atoms with Crippen molar-refractivity contribution in [2.75, 3.05) is 6.54 Å². The van der Waals surface area contributed by atoms with Gasteiger partial charge in [-0.15, -0.1) is 5.10 Å². The maximum atomic E-state index is 13.0. The van der Waals surface area contributed by atoms with Crippen molar-refractivity contribution < 1.29 is 13.2 Å². The molecule has 0 saturated heterocycles. The summed E-state index contributed by atoms with van der Waals surface area (Å²) in [5.74, 6) is -4.01. The fraction of sp³-hybridized carbons (Fsp3) is 0.200. The normalized spacial score (nSPS) is 10.8. The minimum Gasteiger partial charge on any atom is -0.329 e. The maximum absolute atomic E-state index is 13.0. The number of rotatable bonds is 3. The van der Waals surface area contributed by atoms with Crippen LogP contribution in [0.4, 0.5) is 13.2 Å². The summed E-state index contributed by atoms with van der Waals surface area (Å²) in [5.41, 5.74) is 5.71. The Morgan fingerprint density at radius 1 is 1.18 bits per heavy atom. The van der Waals surface area contributed by atoms with Gasteiger partial charge in [0.15, 0.2) is 17.5 Å². The van der Waals surface area contributed by atoms with Gasteiger partial charge in [0.1, 0.15) is 5.69 Å². The highest BCUT2D eigenvalue weighted by molar-refractivity contribution is 5.57. The molecule has 1 aromatic heterocycles. The van der Waals surface area contributed by atoms with Crippen LogP contribution < -0.4 is 5.73 Å². The lowest BCUT2D eigenvalue weighted by Gasteiger charge is -1.99. The first-order valence-electron chi connectivity index (χ1n) is 4.87. The van der Waals surface area contributed by atoms with Crippen LogP contribution in [-0.4, -0.2) is 21.5 Å². The largest absolute Gasteiger partial charge is 0.329 e. The third-order valence-electron chi connectivity index (χ3n) is 2.18. The summed E-state index contributed by atoms with van der Waals surface area (Å²) >= 11 is 0. The summed E-state index contributed by atoms with van der Waals surface area (Å²) < 4.78 is 40.2. The van der Waals surface area contributed by atoms with E-state index in [9.17, 15) is 13.2 Å². The second kappa shape index (κ2) is 4.54. The standard InChI is InChI=1S/C10H9F3N4/c11-7-3-6(4-8(12)10(7)13)9-5-17(2-1-14)16-15-9/h3-5H,1-2,14H2. The van der Waals surface area contributed by atoms with Crippen LogP contribution in [0.1, 0.15) is 0 Å². The molecule has 0 amide bonds. The van der Waals surface area contributed by atoms with Crippen LogP contribution in [0.2, 0.25) is 0 Å². The van der Waals surface area contributed by atoms with Crippen LogP contribution in [-0.2, 0) is 6.54 Å². The summed E-state index contributed by atoms with van der Waals surface area (Å²) in [6, 6.07) is 1.74. The van der Waals surface area contributed by atoms with Crippen molar-refractivity contribution in [3.63, 3.8) is 0 Å². The highest BCUT2D eigenvalue weighted by Crippen LogP contribution is 2.21. The van der Waals surface area contributed by atoms with Crippen LogP contribution in [0.5, 0.6) is 0 Å². The Kier molecular flexibility index (Phi) is 3.10. The number of benzene rings is 1. The zero-order valence-corrected chi connectivity index (χ0v) is 8.70. The van der Waals surface area contributed by atoms with Crippen molar-refractivity contribution in [2.45, 2.75) is 6.54 Å². The fourth-order valence-corrected chi connectivity index (χ4v) is 1.38. The maximum Gasteiger partial charge on any atom is 0.194 e. The van der Waals surface area contributed by atoms with Gasteiger partial charge in [-0.2, -0.15) is 0 Å². The highest BCUT2D eigenvalue weighted by Gasteiger charge is 2.13. The van der Waals surface area contributed by atoms with E-state index in [1.165, 1.54) is 10.9 Å². The molecule has 1 heterocycles. The van der Waals surface area contributed by atoms with Crippen molar-refractivity contribution in [3.8, 4) is 11.3 Å². The minimum absolute atomic E-state index is 0.129. The SMILES string of the molecule is NCCn1cc(-c2cc(F)c(F)c(F)c2)nn1. The lowest BCUT2D eigenvalue weighted by molar-refractivity contribution is 0.447. The van der Waals surface area contributed by atoms with E-state index in [4.69, 9.17) is 5.73 Å². The molecule has 0 unspecified atom stereocenters. The third-order valence-corrected chi connectivity index (χ3v) is 2.18. The molecule has 1 aromatic carbocycles. The summed E-state index contributed by atoms with van der Waals surface area (Å²) in [6.07, 6.45) is 1.49. The zero-order valence-electron chi connectivity index (χ0n) is 8.70. The Labute approximate surface area is 94.9 Å². The van der Waals surface area contributed by atoms with Gasteiger partial charge in [0, 0.05) is 12.1 Å². The molecule has 2 N–H and O–H groups in total. The van der Waals surface area contributed by atoms with Crippen LogP contribution >= 0.6 is 0 Å². The molecule has 17 heavy (non-hydrogen) atoms. The first kappa shape index (κ1) is 11.6. The van der Waals surface area contributed by atoms with Gasteiger partial charge in [-0.05, 0) is 12.1 Å². The molecule has 0 aliphatic rings. The third kappa shape index (κ3) is 2.28. The average Bonchev–Trinajstić information content (AvgIpc) is 2.74. The van der Waals surface area contributed by atoms with Crippen LogP contribution in [0.15, 0.2) is 18.3 Å². The molecular formula is C10H9F3N4. The molecule has 7 heteroatoms. The smallest absolute Gasteiger partial charge is 0.194 e. The number of aromatic nitrogens is 3. The number of hydrogen-bond acceptors (Lipinski definition) is 3. The van der Waals surface area contributed by atoms with Gasteiger partial charge in [-0.1, -0.05) is 5.21 Å². The second-order valence-corrected chi connectivity index (χ2v) is 3.41. The highest BCUT2D eigenvalue weighted by atomic mass is 19.2. The van der Waals surface area contributed by atoms with Gasteiger partial charge in [-0.25, -0.2) is 13.2 Å². The first-order chi connectivity index (χ1) is 8.11. The van der Waals surface area contributed by atoms with Gasteiger partial charge >= 0.3 is 0 Å². The fourth-order valence-electron chi connectivity index (χ4n) is 1.38. The summed E-state index contributed by atoms with van der Waals surface area (Å²) in [5, 5.41) is 7.43. The minimum atomic E-state index is -1.50. The van der Waals surface area contributed by atoms with E-state index >= 15 is 0 Å². The Morgan fingerprint density at radius 2 is 1.82 bits per heavy atom. The molecule has 0 atom stereocenters. The zero-order chi connectivity index (χ0) is 12.4. The summed E-state index contributed by atoms with van der Waals surface area (Å²) in [4.78, 5) is 0. The van der Waals surface area contributed by atoms with E-state index in [1.54, 1.807) is 0 Å². The molecule has 0 saturated carbocycles. The molecule has 4 nitrogen and oxygen atoms in total. The number of nitrogens with two attached hydrogens (primary N) is 1. The lowest BCUT2D eigenvalue weighted by atomic mass is 10.1. The molecular weight excluding hydrogens is 233 g/mol. The molecule has 2 rings (SSSR count). The van der Waals surface area contributed by atoms with E-state index in [0.29, 0.717) is 13.1 Å². The molecule has 0 spiro atoms. The van der Waals surface area contributed by atoms with Crippen LogP contribution in [0, 0.1) is 17.5 Å². The number of hydrogen-bond donors (Lipinski definition) is 1. The molecule has 2 aromatic rings. The van der Waals surface area contributed by atoms with Crippen molar-refractivity contribution >= 4 is 0 Å². The number of nitrogens with zero attached hydrogens (tertiary/aromatic N) is 3. The van der Waals surface area contributed by atoms with Crippen molar-refractivity contribution in [3.05, 3.63) is 35.8 Å².